The number of pyridine rings is 1. The molecule has 0 fully saturated rings. The lowest BCUT2D eigenvalue weighted by molar-refractivity contribution is 0.0239. The van der Waals surface area contributed by atoms with E-state index >= 15 is 0 Å². The Morgan fingerprint density at radius 2 is 1.85 bits per heavy atom. The van der Waals surface area contributed by atoms with Crippen molar-refractivity contribution in [1.29, 1.82) is 0 Å². The number of benzene rings is 1. The van der Waals surface area contributed by atoms with Gasteiger partial charge >= 0.3 is 0 Å². The highest BCUT2D eigenvalue weighted by atomic mass is 16.5. The molecule has 27 heavy (non-hydrogen) atoms. The van der Waals surface area contributed by atoms with E-state index in [1.54, 1.807) is 13.3 Å². The Hall–Kier alpha value is -1.85. The molecule has 0 amide bonds. The molecule has 0 unspecified atom stereocenters. The van der Waals surface area contributed by atoms with E-state index in [2.05, 4.69) is 42.9 Å². The van der Waals surface area contributed by atoms with E-state index in [0.29, 0.717) is 24.9 Å². The number of hydrogen-bond donors (Lipinski definition) is 2. The molecule has 5 nitrogen and oxygen atoms in total. The fraction of sp³-hybridized carbons (Fsp3) is 0.591. The van der Waals surface area contributed by atoms with E-state index in [-0.39, 0.29) is 0 Å². The van der Waals surface area contributed by atoms with Crippen molar-refractivity contribution in [3.05, 3.63) is 30.5 Å². The molecule has 0 saturated carbocycles. The van der Waals surface area contributed by atoms with Crippen LogP contribution in [-0.4, -0.2) is 53.9 Å². The summed E-state index contributed by atoms with van der Waals surface area (Å²) in [5.41, 5.74) is 0.910. The number of ether oxygens (including phenoxy) is 1. The average molecular weight is 374 g/mol. The fourth-order valence-electron chi connectivity index (χ4n) is 3.48. The molecular weight excluding hydrogens is 338 g/mol. The maximum Gasteiger partial charge on any atom is 0.121 e. The van der Waals surface area contributed by atoms with Gasteiger partial charge in [0.2, 0.25) is 0 Å². The van der Waals surface area contributed by atoms with Gasteiger partial charge in [0, 0.05) is 43.8 Å². The maximum absolute atomic E-state index is 11.0. The first-order valence-corrected chi connectivity index (χ1v) is 9.81. The zero-order valence-electron chi connectivity index (χ0n) is 17.6. The van der Waals surface area contributed by atoms with Gasteiger partial charge in [0.05, 0.1) is 23.9 Å². The summed E-state index contributed by atoms with van der Waals surface area (Å²) in [5, 5.41) is 15.4. The zero-order valence-corrected chi connectivity index (χ0v) is 17.6. The third-order valence-corrected chi connectivity index (χ3v) is 4.38. The Kier molecular flexibility index (Phi) is 7.45. The van der Waals surface area contributed by atoms with Gasteiger partial charge in [-0.15, -0.1) is 0 Å². The normalized spacial score (nSPS) is 14.1. The van der Waals surface area contributed by atoms with Gasteiger partial charge in [0.25, 0.3) is 0 Å². The Morgan fingerprint density at radius 3 is 2.44 bits per heavy atom. The number of fused-ring (bicyclic) bond motifs is 1. The van der Waals surface area contributed by atoms with Crippen molar-refractivity contribution in [2.75, 3.05) is 38.6 Å². The van der Waals surface area contributed by atoms with Crippen LogP contribution in [0, 0.1) is 11.8 Å². The van der Waals surface area contributed by atoms with E-state index in [1.807, 2.05) is 31.2 Å². The number of anilines is 1. The quantitative estimate of drug-likeness (QED) is 0.659. The van der Waals surface area contributed by atoms with Crippen LogP contribution in [0.2, 0.25) is 0 Å². The molecule has 1 atom stereocenters. The highest BCUT2D eigenvalue weighted by Gasteiger charge is 2.25. The van der Waals surface area contributed by atoms with Crippen LogP contribution >= 0.6 is 0 Å². The first-order valence-electron chi connectivity index (χ1n) is 9.81. The molecule has 2 aromatic rings. The summed E-state index contributed by atoms with van der Waals surface area (Å²) in [5.74, 6) is 1.91. The van der Waals surface area contributed by atoms with E-state index in [1.165, 1.54) is 0 Å². The van der Waals surface area contributed by atoms with E-state index in [9.17, 15) is 5.11 Å². The second-order valence-electron chi connectivity index (χ2n) is 8.58. The van der Waals surface area contributed by atoms with Crippen LogP contribution in [0.5, 0.6) is 5.75 Å². The summed E-state index contributed by atoms with van der Waals surface area (Å²) in [6.45, 7) is 13.8. The predicted molar refractivity (Wildman–Crippen MR) is 114 cm³/mol. The van der Waals surface area contributed by atoms with Gasteiger partial charge in [0.15, 0.2) is 0 Å². The Morgan fingerprint density at radius 1 is 1.19 bits per heavy atom. The molecule has 150 valence electrons. The predicted octanol–water partition coefficient (Wildman–Crippen LogP) is 4.02. The molecule has 0 aliphatic heterocycles. The number of rotatable bonds is 10. The van der Waals surface area contributed by atoms with Gasteiger partial charge in [-0.2, -0.15) is 0 Å². The first-order chi connectivity index (χ1) is 12.7. The number of nitrogens with zero attached hydrogens (tertiary/aromatic N) is 2. The molecule has 0 radical (unpaired) electrons. The van der Waals surface area contributed by atoms with E-state index in [4.69, 9.17) is 4.74 Å². The van der Waals surface area contributed by atoms with Crippen molar-refractivity contribution in [2.45, 2.75) is 40.2 Å². The maximum atomic E-state index is 11.0. The molecule has 0 spiro atoms. The lowest BCUT2D eigenvalue weighted by Gasteiger charge is -2.34. The van der Waals surface area contributed by atoms with Crippen molar-refractivity contribution < 1.29 is 9.84 Å². The minimum Gasteiger partial charge on any atom is -0.497 e. The highest BCUT2D eigenvalue weighted by molar-refractivity contribution is 5.91. The first kappa shape index (κ1) is 21.5. The molecule has 5 heteroatoms. The summed E-state index contributed by atoms with van der Waals surface area (Å²) in [7, 11) is 1.66. The molecule has 0 bridgehead atoms. The van der Waals surface area contributed by atoms with Gasteiger partial charge in [-0.25, -0.2) is 0 Å². The Bertz CT molecular complexity index is 719. The number of aromatic nitrogens is 1. The average Bonchev–Trinajstić information content (AvgIpc) is 2.57. The number of hydrogen-bond acceptors (Lipinski definition) is 5. The van der Waals surface area contributed by atoms with Gasteiger partial charge in [-0.3, -0.25) is 9.88 Å². The van der Waals surface area contributed by atoms with Crippen molar-refractivity contribution in [3.63, 3.8) is 0 Å². The van der Waals surface area contributed by atoms with Gasteiger partial charge < -0.3 is 15.2 Å². The lowest BCUT2D eigenvalue weighted by atomic mass is 10.0. The molecular formula is C22H35N3O2. The summed E-state index contributed by atoms with van der Waals surface area (Å²) in [4.78, 5) is 6.85. The van der Waals surface area contributed by atoms with E-state index in [0.717, 1.165) is 35.4 Å². The molecule has 1 aromatic carbocycles. The van der Waals surface area contributed by atoms with Crippen molar-refractivity contribution in [1.82, 2.24) is 9.88 Å². The second-order valence-corrected chi connectivity index (χ2v) is 8.58. The molecule has 1 aromatic heterocycles. The van der Waals surface area contributed by atoms with Gasteiger partial charge in [-0.05, 0) is 30.9 Å². The SMILES string of the molecule is COc1cc(NC[C@@](C)(O)CN(CC(C)C)CC(C)C)c2ncccc2c1. The summed E-state index contributed by atoms with van der Waals surface area (Å²) in [6.07, 6.45) is 1.78. The van der Waals surface area contributed by atoms with Crippen LogP contribution in [0.4, 0.5) is 5.69 Å². The minimum atomic E-state index is -0.853. The molecule has 2 N–H and O–H groups in total. The van der Waals surface area contributed by atoms with Crippen LogP contribution in [0.25, 0.3) is 10.9 Å². The lowest BCUT2D eigenvalue weighted by Crippen LogP contribution is -2.47. The Labute approximate surface area is 163 Å². The smallest absolute Gasteiger partial charge is 0.121 e. The standard InChI is InChI=1S/C22H35N3O2/c1-16(2)12-25(13-17(3)4)15-22(5,26)14-24-20-11-19(27-6)10-18-8-7-9-23-21(18)20/h7-11,16-17,24,26H,12-15H2,1-6H3/t22-/m1/s1. The van der Waals surface area contributed by atoms with Crippen molar-refractivity contribution in [3.8, 4) is 5.75 Å². The number of aliphatic hydroxyl groups is 1. The molecule has 2 rings (SSSR count). The van der Waals surface area contributed by atoms with Gasteiger partial charge in [0.1, 0.15) is 5.75 Å². The van der Waals surface area contributed by atoms with Crippen LogP contribution < -0.4 is 10.1 Å². The Balaban J connectivity index is 2.12. The van der Waals surface area contributed by atoms with Gasteiger partial charge in [-0.1, -0.05) is 33.8 Å². The number of nitrogens with one attached hydrogen (secondary N) is 1. The molecule has 0 saturated heterocycles. The van der Waals surface area contributed by atoms with Crippen LogP contribution in [0.15, 0.2) is 30.5 Å². The van der Waals surface area contributed by atoms with E-state index < -0.39 is 5.60 Å². The topological polar surface area (TPSA) is 57.6 Å². The third kappa shape index (κ3) is 6.67. The zero-order chi connectivity index (χ0) is 20.0. The summed E-state index contributed by atoms with van der Waals surface area (Å²) >= 11 is 0. The summed E-state index contributed by atoms with van der Waals surface area (Å²) in [6, 6.07) is 7.84. The summed E-state index contributed by atoms with van der Waals surface area (Å²) < 4.78 is 5.41. The fourth-order valence-corrected chi connectivity index (χ4v) is 3.48. The minimum absolute atomic E-state index is 0.443. The van der Waals surface area contributed by atoms with Crippen LogP contribution in [0.3, 0.4) is 0 Å². The molecule has 0 aliphatic carbocycles. The number of methoxy groups -OCH3 is 1. The molecule has 0 aliphatic rings. The molecule has 1 heterocycles. The third-order valence-electron chi connectivity index (χ3n) is 4.38. The van der Waals surface area contributed by atoms with Crippen molar-refractivity contribution in [2.24, 2.45) is 11.8 Å². The monoisotopic (exact) mass is 373 g/mol. The largest absolute Gasteiger partial charge is 0.497 e. The van der Waals surface area contributed by atoms with Crippen molar-refractivity contribution >= 4 is 16.6 Å². The highest BCUT2D eigenvalue weighted by Crippen LogP contribution is 2.28. The second kappa shape index (κ2) is 9.38. The van der Waals surface area contributed by atoms with Crippen LogP contribution in [0.1, 0.15) is 34.6 Å². The van der Waals surface area contributed by atoms with Crippen LogP contribution in [-0.2, 0) is 0 Å².